The molecule has 0 saturated carbocycles. The Morgan fingerprint density at radius 3 is 2.43 bits per heavy atom. The molecular formula is C19H20N4O4S. The number of amides is 1. The van der Waals surface area contributed by atoms with Gasteiger partial charge in [-0.15, -0.1) is 0 Å². The smallest absolute Gasteiger partial charge is 0.274 e. The second-order valence-corrected chi connectivity index (χ2v) is 8.52. The van der Waals surface area contributed by atoms with Gasteiger partial charge >= 0.3 is 0 Å². The number of hydrogen-bond acceptors (Lipinski definition) is 5. The van der Waals surface area contributed by atoms with Crippen LogP contribution in [0, 0.1) is 6.92 Å². The van der Waals surface area contributed by atoms with Crippen LogP contribution in [-0.2, 0) is 10.0 Å². The first-order chi connectivity index (χ1) is 13.4. The van der Waals surface area contributed by atoms with Gasteiger partial charge in [0.05, 0.1) is 4.90 Å². The van der Waals surface area contributed by atoms with E-state index in [0.717, 1.165) is 5.76 Å². The Morgan fingerprint density at radius 2 is 1.79 bits per heavy atom. The molecule has 1 fully saturated rings. The molecule has 1 saturated heterocycles. The topological polar surface area (TPSA) is 99.5 Å². The summed E-state index contributed by atoms with van der Waals surface area (Å²) in [5, 5.41) is 6.90. The van der Waals surface area contributed by atoms with Gasteiger partial charge in [-0.25, -0.2) is 8.42 Å². The molecule has 146 valence electrons. The molecule has 3 heterocycles. The van der Waals surface area contributed by atoms with E-state index in [1.54, 1.807) is 41.3 Å². The Hall–Kier alpha value is -2.91. The van der Waals surface area contributed by atoms with Crippen molar-refractivity contribution in [2.24, 2.45) is 0 Å². The van der Waals surface area contributed by atoms with Gasteiger partial charge in [-0.1, -0.05) is 18.2 Å². The molecule has 0 radical (unpaired) electrons. The summed E-state index contributed by atoms with van der Waals surface area (Å²) in [6, 6.07) is 13.6. The number of piperazine rings is 1. The second kappa shape index (κ2) is 7.25. The highest BCUT2D eigenvalue weighted by molar-refractivity contribution is 7.89. The van der Waals surface area contributed by atoms with Gasteiger partial charge in [-0.05, 0) is 31.2 Å². The first-order valence-corrected chi connectivity index (χ1v) is 10.4. The maximum absolute atomic E-state index is 12.7. The van der Waals surface area contributed by atoms with E-state index in [4.69, 9.17) is 4.42 Å². The van der Waals surface area contributed by atoms with Gasteiger partial charge in [0.15, 0.2) is 11.5 Å². The highest BCUT2D eigenvalue weighted by Gasteiger charge is 2.31. The van der Waals surface area contributed by atoms with Crippen molar-refractivity contribution in [3.05, 3.63) is 60.0 Å². The van der Waals surface area contributed by atoms with E-state index in [2.05, 4.69) is 10.2 Å². The molecule has 9 heteroatoms. The Bertz CT molecular complexity index is 1080. The number of H-pyrrole nitrogens is 1. The molecule has 2 aromatic heterocycles. The zero-order valence-corrected chi connectivity index (χ0v) is 16.1. The van der Waals surface area contributed by atoms with E-state index in [-0.39, 0.29) is 29.6 Å². The lowest BCUT2D eigenvalue weighted by molar-refractivity contribution is 0.0692. The molecule has 1 aromatic carbocycles. The molecular weight excluding hydrogens is 380 g/mol. The molecule has 8 nitrogen and oxygen atoms in total. The molecule has 0 unspecified atom stereocenters. The zero-order valence-electron chi connectivity index (χ0n) is 15.3. The molecule has 0 aliphatic carbocycles. The fraction of sp³-hybridized carbons (Fsp3) is 0.263. The van der Waals surface area contributed by atoms with Crippen molar-refractivity contribution in [2.45, 2.75) is 11.8 Å². The van der Waals surface area contributed by atoms with Crippen LogP contribution in [0.25, 0.3) is 11.5 Å². The van der Waals surface area contributed by atoms with Gasteiger partial charge in [0.1, 0.15) is 11.5 Å². The van der Waals surface area contributed by atoms with E-state index in [1.807, 2.05) is 19.1 Å². The van der Waals surface area contributed by atoms with Crippen LogP contribution in [0.5, 0.6) is 0 Å². The predicted molar refractivity (Wildman–Crippen MR) is 102 cm³/mol. The number of hydrogen-bond donors (Lipinski definition) is 1. The fourth-order valence-electron chi connectivity index (χ4n) is 3.17. The summed E-state index contributed by atoms with van der Waals surface area (Å²) in [7, 11) is -3.54. The third kappa shape index (κ3) is 3.46. The summed E-state index contributed by atoms with van der Waals surface area (Å²) in [6.07, 6.45) is 0. The molecule has 1 N–H and O–H groups in total. The molecule has 1 aliphatic heterocycles. The van der Waals surface area contributed by atoms with Gasteiger partial charge in [-0.3, -0.25) is 9.89 Å². The molecule has 4 rings (SSSR count). The third-order valence-corrected chi connectivity index (χ3v) is 6.62. The van der Waals surface area contributed by atoms with Crippen LogP contribution in [0.2, 0.25) is 0 Å². The van der Waals surface area contributed by atoms with E-state index in [9.17, 15) is 13.2 Å². The summed E-state index contributed by atoms with van der Waals surface area (Å²) < 4.78 is 32.3. The van der Waals surface area contributed by atoms with Crippen LogP contribution in [0.15, 0.2) is 57.8 Å². The van der Waals surface area contributed by atoms with Gasteiger partial charge < -0.3 is 9.32 Å². The summed E-state index contributed by atoms with van der Waals surface area (Å²) in [5.74, 6) is 1.15. The predicted octanol–water partition coefficient (Wildman–Crippen LogP) is 2.12. The Morgan fingerprint density at radius 1 is 1.07 bits per heavy atom. The van der Waals surface area contributed by atoms with Crippen molar-refractivity contribution in [2.75, 3.05) is 26.2 Å². The molecule has 3 aromatic rings. The standard InChI is InChI=1S/C19H20N4O4S/c1-14-7-8-18(27-14)16-13-17(21-20-16)19(24)22-9-11-23(12-10-22)28(25,26)15-5-3-2-4-6-15/h2-8,13H,9-12H2,1H3,(H,20,21). The molecule has 0 bridgehead atoms. The summed E-state index contributed by atoms with van der Waals surface area (Å²) in [6.45, 7) is 2.96. The molecule has 0 atom stereocenters. The van der Waals surface area contributed by atoms with Crippen LogP contribution in [0.1, 0.15) is 16.2 Å². The summed E-state index contributed by atoms with van der Waals surface area (Å²) in [4.78, 5) is 14.6. The monoisotopic (exact) mass is 400 g/mol. The third-order valence-electron chi connectivity index (χ3n) is 4.71. The Kier molecular flexibility index (Phi) is 4.78. The molecule has 0 spiro atoms. The number of nitrogens with zero attached hydrogens (tertiary/aromatic N) is 3. The van der Waals surface area contributed by atoms with E-state index < -0.39 is 10.0 Å². The van der Waals surface area contributed by atoms with E-state index >= 15 is 0 Å². The number of aryl methyl sites for hydroxylation is 1. The van der Waals surface area contributed by atoms with Crippen molar-refractivity contribution in [1.82, 2.24) is 19.4 Å². The summed E-state index contributed by atoms with van der Waals surface area (Å²) in [5.41, 5.74) is 0.908. The first-order valence-electron chi connectivity index (χ1n) is 8.92. The average molecular weight is 400 g/mol. The lowest BCUT2D eigenvalue weighted by atomic mass is 10.2. The summed E-state index contributed by atoms with van der Waals surface area (Å²) >= 11 is 0. The van der Waals surface area contributed by atoms with Gasteiger partial charge in [0.25, 0.3) is 5.91 Å². The molecule has 1 amide bonds. The number of carbonyl (C=O) groups excluding carboxylic acids is 1. The van der Waals surface area contributed by atoms with Gasteiger partial charge in [0.2, 0.25) is 10.0 Å². The van der Waals surface area contributed by atoms with Crippen molar-refractivity contribution in [1.29, 1.82) is 0 Å². The quantitative estimate of drug-likeness (QED) is 0.723. The number of benzene rings is 1. The SMILES string of the molecule is Cc1ccc(-c2cc(C(=O)N3CCN(S(=O)(=O)c4ccccc4)CC3)n[nH]2)o1. The van der Waals surface area contributed by atoms with Crippen molar-refractivity contribution < 1.29 is 17.6 Å². The minimum absolute atomic E-state index is 0.234. The van der Waals surface area contributed by atoms with Crippen molar-refractivity contribution in [3.63, 3.8) is 0 Å². The lowest BCUT2D eigenvalue weighted by Crippen LogP contribution is -2.50. The maximum Gasteiger partial charge on any atom is 0.274 e. The molecule has 28 heavy (non-hydrogen) atoms. The van der Waals surface area contributed by atoms with E-state index in [0.29, 0.717) is 24.5 Å². The minimum atomic E-state index is -3.54. The average Bonchev–Trinajstić information content (AvgIpc) is 3.37. The van der Waals surface area contributed by atoms with Crippen LogP contribution >= 0.6 is 0 Å². The first kappa shape index (κ1) is 18.5. The number of aromatic amines is 1. The highest BCUT2D eigenvalue weighted by atomic mass is 32.2. The zero-order chi connectivity index (χ0) is 19.7. The van der Waals surface area contributed by atoms with Crippen LogP contribution in [-0.4, -0.2) is 59.9 Å². The largest absolute Gasteiger partial charge is 0.460 e. The van der Waals surface area contributed by atoms with Crippen LogP contribution in [0.3, 0.4) is 0 Å². The number of nitrogens with one attached hydrogen (secondary N) is 1. The number of rotatable bonds is 4. The lowest BCUT2D eigenvalue weighted by Gasteiger charge is -2.33. The maximum atomic E-state index is 12.7. The van der Waals surface area contributed by atoms with Gasteiger partial charge in [-0.2, -0.15) is 9.40 Å². The van der Waals surface area contributed by atoms with Crippen LogP contribution < -0.4 is 0 Å². The van der Waals surface area contributed by atoms with Crippen molar-refractivity contribution in [3.8, 4) is 11.5 Å². The fourth-order valence-corrected chi connectivity index (χ4v) is 4.62. The number of furan rings is 1. The Labute approximate surface area is 162 Å². The van der Waals surface area contributed by atoms with Crippen LogP contribution in [0.4, 0.5) is 0 Å². The normalized spacial score (nSPS) is 15.7. The molecule has 1 aliphatic rings. The van der Waals surface area contributed by atoms with Crippen molar-refractivity contribution >= 4 is 15.9 Å². The number of carbonyl (C=O) groups is 1. The second-order valence-electron chi connectivity index (χ2n) is 6.59. The minimum Gasteiger partial charge on any atom is -0.460 e. The number of aromatic nitrogens is 2. The van der Waals surface area contributed by atoms with E-state index in [1.165, 1.54) is 4.31 Å². The Balaban J connectivity index is 1.43. The van der Waals surface area contributed by atoms with Gasteiger partial charge in [0, 0.05) is 32.2 Å². The highest BCUT2D eigenvalue weighted by Crippen LogP contribution is 2.22. The number of sulfonamides is 1.